The van der Waals surface area contributed by atoms with Gasteiger partial charge in [-0.05, 0) is 49.6 Å². The van der Waals surface area contributed by atoms with Gasteiger partial charge in [0.1, 0.15) is 5.75 Å². The van der Waals surface area contributed by atoms with Crippen molar-refractivity contribution in [2.24, 2.45) is 0 Å². The molecule has 0 spiro atoms. The van der Waals surface area contributed by atoms with Crippen LogP contribution in [-0.2, 0) is 10.2 Å². The molecule has 3 heterocycles. The van der Waals surface area contributed by atoms with Gasteiger partial charge in [0.05, 0.1) is 18.2 Å². The molecule has 2 saturated heterocycles. The molecule has 4 nitrogen and oxygen atoms in total. The van der Waals surface area contributed by atoms with E-state index in [0.29, 0.717) is 6.17 Å². The lowest BCUT2D eigenvalue weighted by molar-refractivity contribution is -0.105. The molecule has 0 radical (unpaired) electrons. The van der Waals surface area contributed by atoms with Crippen molar-refractivity contribution in [2.75, 3.05) is 25.1 Å². The lowest BCUT2D eigenvalue weighted by Crippen LogP contribution is -2.44. The largest absolute Gasteiger partial charge is 0.465 e. The number of nitrogens with one attached hydrogen (secondary N) is 1. The van der Waals surface area contributed by atoms with Crippen molar-refractivity contribution in [3.63, 3.8) is 0 Å². The highest BCUT2D eigenvalue weighted by atomic mass is 16.7. The first-order chi connectivity index (χ1) is 10.7. The summed E-state index contributed by atoms with van der Waals surface area (Å²) < 4.78 is 11.8. The van der Waals surface area contributed by atoms with Gasteiger partial charge < -0.3 is 14.4 Å². The van der Waals surface area contributed by atoms with Gasteiger partial charge in [-0.25, -0.2) is 0 Å². The number of fused-ring (bicyclic) bond motifs is 3. The molecule has 118 valence electrons. The first-order valence-corrected chi connectivity index (χ1v) is 8.27. The maximum absolute atomic E-state index is 6.06. The summed E-state index contributed by atoms with van der Waals surface area (Å²) in [7, 11) is 2.15. The first kappa shape index (κ1) is 14.1. The monoisotopic (exact) mass is 300 g/mol. The molecule has 4 heteroatoms. The van der Waals surface area contributed by atoms with Gasteiger partial charge >= 0.3 is 0 Å². The van der Waals surface area contributed by atoms with Crippen LogP contribution in [0.5, 0.6) is 5.75 Å². The Bertz CT molecular complexity index is 582. The highest BCUT2D eigenvalue weighted by Gasteiger charge is 2.50. The molecular formula is C18H24N2O2. The van der Waals surface area contributed by atoms with Gasteiger partial charge in [-0.2, -0.15) is 0 Å². The smallest absolute Gasteiger partial charge is 0.199 e. The molecule has 1 N–H and O–H groups in total. The number of likely N-dealkylation sites (N-methyl/N-ethyl adjacent to an activating group) is 1. The van der Waals surface area contributed by atoms with Gasteiger partial charge in [-0.15, -0.1) is 6.58 Å². The van der Waals surface area contributed by atoms with Crippen LogP contribution in [-0.4, -0.2) is 32.7 Å². The Morgan fingerprint density at radius 3 is 3.14 bits per heavy atom. The second kappa shape index (κ2) is 5.28. The van der Waals surface area contributed by atoms with E-state index in [1.54, 1.807) is 0 Å². The number of anilines is 1. The van der Waals surface area contributed by atoms with E-state index >= 15 is 0 Å². The molecule has 3 aliphatic rings. The summed E-state index contributed by atoms with van der Waals surface area (Å²) in [5, 5.41) is 3.60. The molecule has 22 heavy (non-hydrogen) atoms. The first-order valence-electron chi connectivity index (χ1n) is 8.27. The Hall–Kier alpha value is -1.52. The Kier molecular flexibility index (Phi) is 3.39. The molecule has 0 aliphatic carbocycles. The van der Waals surface area contributed by atoms with Crippen molar-refractivity contribution >= 4 is 5.69 Å². The standard InChI is InChI=1S/C18H24N2O2/c1-3-18-9-10-19-17(18)20(2)15-8-7-13(12-14(15)18)22-16-6-4-5-11-21-16/h3,7-8,12,16-17,19H,1,4-6,9-11H2,2H3/t16?,17?,18-/m0/s1. The summed E-state index contributed by atoms with van der Waals surface area (Å²) in [5.74, 6) is 0.910. The van der Waals surface area contributed by atoms with E-state index in [-0.39, 0.29) is 11.7 Å². The number of benzene rings is 1. The third-order valence-corrected chi connectivity index (χ3v) is 5.37. The van der Waals surface area contributed by atoms with E-state index in [1.807, 2.05) is 0 Å². The summed E-state index contributed by atoms with van der Waals surface area (Å²) in [6.45, 7) is 5.95. The van der Waals surface area contributed by atoms with E-state index in [0.717, 1.165) is 38.2 Å². The average molecular weight is 300 g/mol. The van der Waals surface area contributed by atoms with Gasteiger partial charge in [-0.3, -0.25) is 5.32 Å². The highest BCUT2D eigenvalue weighted by molar-refractivity contribution is 5.68. The third-order valence-electron chi connectivity index (χ3n) is 5.37. The molecule has 2 unspecified atom stereocenters. The lowest BCUT2D eigenvalue weighted by Gasteiger charge is -2.28. The Morgan fingerprint density at radius 2 is 2.36 bits per heavy atom. The maximum Gasteiger partial charge on any atom is 0.199 e. The van der Waals surface area contributed by atoms with Crippen LogP contribution >= 0.6 is 0 Å². The molecule has 0 aromatic heterocycles. The Labute approximate surface area is 132 Å². The number of rotatable bonds is 3. The number of nitrogens with zero attached hydrogens (tertiary/aromatic N) is 1. The second-order valence-electron chi connectivity index (χ2n) is 6.55. The van der Waals surface area contributed by atoms with Crippen molar-refractivity contribution in [2.45, 2.75) is 43.6 Å². The molecule has 0 saturated carbocycles. The number of ether oxygens (including phenoxy) is 2. The molecule has 4 rings (SSSR count). The Morgan fingerprint density at radius 1 is 1.45 bits per heavy atom. The SMILES string of the molecule is C=C[C@@]12CCNC1N(C)c1ccc(OC3CCCCO3)cc12. The van der Waals surface area contributed by atoms with E-state index in [9.17, 15) is 0 Å². The minimum absolute atomic E-state index is 0.00310. The summed E-state index contributed by atoms with van der Waals surface area (Å²) in [6, 6.07) is 6.42. The van der Waals surface area contributed by atoms with Crippen LogP contribution in [0.15, 0.2) is 30.9 Å². The summed E-state index contributed by atoms with van der Waals surface area (Å²) in [4.78, 5) is 2.32. The highest BCUT2D eigenvalue weighted by Crippen LogP contribution is 2.50. The van der Waals surface area contributed by atoms with Crippen LogP contribution in [0, 0.1) is 0 Å². The van der Waals surface area contributed by atoms with Gasteiger partial charge in [0.25, 0.3) is 0 Å². The van der Waals surface area contributed by atoms with E-state index in [2.05, 4.69) is 48.1 Å². The zero-order valence-corrected chi connectivity index (χ0v) is 13.2. The van der Waals surface area contributed by atoms with Gasteiger partial charge in [-0.1, -0.05) is 6.08 Å². The predicted molar refractivity (Wildman–Crippen MR) is 87.3 cm³/mol. The average Bonchev–Trinajstić information content (AvgIpc) is 3.08. The van der Waals surface area contributed by atoms with Crippen LogP contribution in [0.4, 0.5) is 5.69 Å². The topological polar surface area (TPSA) is 33.7 Å². The van der Waals surface area contributed by atoms with E-state index in [1.165, 1.54) is 17.7 Å². The zero-order valence-electron chi connectivity index (χ0n) is 13.2. The Balaban J connectivity index is 1.66. The molecule has 3 aliphatic heterocycles. The fraction of sp³-hybridized carbons (Fsp3) is 0.556. The minimum Gasteiger partial charge on any atom is -0.465 e. The van der Waals surface area contributed by atoms with Crippen molar-refractivity contribution in [1.29, 1.82) is 0 Å². The van der Waals surface area contributed by atoms with Gasteiger partial charge in [0, 0.05) is 19.2 Å². The number of hydrogen-bond donors (Lipinski definition) is 1. The van der Waals surface area contributed by atoms with Crippen molar-refractivity contribution in [3.05, 3.63) is 36.4 Å². The maximum atomic E-state index is 6.06. The summed E-state index contributed by atoms with van der Waals surface area (Å²) >= 11 is 0. The fourth-order valence-corrected chi connectivity index (χ4v) is 4.19. The van der Waals surface area contributed by atoms with E-state index in [4.69, 9.17) is 9.47 Å². The predicted octanol–water partition coefficient (Wildman–Crippen LogP) is 2.79. The summed E-state index contributed by atoms with van der Waals surface area (Å²) in [5.41, 5.74) is 2.60. The third kappa shape index (κ3) is 1.97. The van der Waals surface area contributed by atoms with Crippen LogP contribution in [0.2, 0.25) is 0 Å². The van der Waals surface area contributed by atoms with Crippen molar-refractivity contribution in [1.82, 2.24) is 5.32 Å². The molecule has 3 atom stereocenters. The van der Waals surface area contributed by atoms with Crippen LogP contribution < -0.4 is 15.0 Å². The second-order valence-corrected chi connectivity index (χ2v) is 6.55. The van der Waals surface area contributed by atoms with Gasteiger partial charge in [0.15, 0.2) is 6.29 Å². The molecule has 2 fully saturated rings. The van der Waals surface area contributed by atoms with Crippen LogP contribution in [0.3, 0.4) is 0 Å². The molecule has 1 aromatic rings. The van der Waals surface area contributed by atoms with Crippen molar-refractivity contribution in [3.8, 4) is 5.75 Å². The zero-order chi connectivity index (χ0) is 15.2. The minimum atomic E-state index is -0.0943. The molecule has 0 bridgehead atoms. The normalized spacial score (nSPS) is 33.4. The quantitative estimate of drug-likeness (QED) is 0.870. The lowest BCUT2D eigenvalue weighted by atomic mass is 9.79. The fourth-order valence-electron chi connectivity index (χ4n) is 4.19. The van der Waals surface area contributed by atoms with Gasteiger partial charge in [0.2, 0.25) is 0 Å². The van der Waals surface area contributed by atoms with Crippen LogP contribution in [0.25, 0.3) is 0 Å². The van der Waals surface area contributed by atoms with E-state index < -0.39 is 0 Å². The number of hydrogen-bond acceptors (Lipinski definition) is 4. The summed E-state index contributed by atoms with van der Waals surface area (Å²) in [6.07, 6.45) is 6.71. The molecule has 0 amide bonds. The molecule has 1 aromatic carbocycles. The van der Waals surface area contributed by atoms with Crippen molar-refractivity contribution < 1.29 is 9.47 Å². The van der Waals surface area contributed by atoms with Crippen LogP contribution in [0.1, 0.15) is 31.2 Å². The molecular weight excluding hydrogens is 276 g/mol.